The minimum Gasteiger partial charge on any atom is -0.457 e. The molecule has 0 spiro atoms. The van der Waals surface area contributed by atoms with Crippen molar-refractivity contribution in [1.29, 1.82) is 0 Å². The van der Waals surface area contributed by atoms with E-state index in [0.29, 0.717) is 5.76 Å². The molecule has 2 N–H and O–H groups in total. The molecule has 0 aromatic heterocycles. The number of rotatable bonds is 1. The predicted molar refractivity (Wildman–Crippen MR) is 88.1 cm³/mol. The molecule has 22 heavy (non-hydrogen) atoms. The van der Waals surface area contributed by atoms with Crippen LogP contribution in [0.4, 0.5) is 5.69 Å². The van der Waals surface area contributed by atoms with Crippen LogP contribution in [0.1, 0.15) is 13.3 Å². The predicted octanol–water partition coefficient (Wildman–Crippen LogP) is 2.89. The minimum atomic E-state index is -0.143. The molecule has 3 nitrogen and oxygen atoms in total. The molecule has 1 aliphatic heterocycles. The summed E-state index contributed by atoms with van der Waals surface area (Å²) in [5.74, 6) is 9.51. The average molecular weight is 288 g/mol. The van der Waals surface area contributed by atoms with Crippen molar-refractivity contribution in [2.24, 2.45) is 5.73 Å². The molecule has 0 unspecified atom stereocenters. The normalized spacial score (nSPS) is 19.9. The van der Waals surface area contributed by atoms with E-state index in [1.54, 1.807) is 0 Å². The molecule has 1 aliphatic carbocycles. The summed E-state index contributed by atoms with van der Waals surface area (Å²) in [6.45, 7) is 1.88. The number of benzene rings is 1. The standard InChI is InChI=1S/C19H16N2O/c1-3-4-12-17-14(2)22-18-13-8-11-16(20)19(18)21(17)15-9-6-5-7-10-15/h1,5-10,13,16H,11,20H2,2H3/t16-/m1/s1. The number of terminal acetylenes is 1. The Balaban J connectivity index is 2.19. The number of para-hydroxylation sites is 1. The Kier molecular flexibility index (Phi) is 3.74. The molecule has 0 radical (unpaired) electrons. The van der Waals surface area contributed by atoms with Crippen LogP contribution in [0, 0.1) is 24.2 Å². The van der Waals surface area contributed by atoms with Crippen molar-refractivity contribution in [3.63, 3.8) is 0 Å². The second kappa shape index (κ2) is 5.85. The fourth-order valence-corrected chi connectivity index (χ4v) is 2.64. The first-order valence-corrected chi connectivity index (χ1v) is 7.09. The third-order valence-electron chi connectivity index (χ3n) is 3.59. The van der Waals surface area contributed by atoms with Crippen molar-refractivity contribution in [3.05, 3.63) is 65.4 Å². The van der Waals surface area contributed by atoms with Crippen LogP contribution in [0.2, 0.25) is 0 Å². The lowest BCUT2D eigenvalue weighted by Gasteiger charge is -2.37. The van der Waals surface area contributed by atoms with E-state index in [-0.39, 0.29) is 6.04 Å². The minimum absolute atomic E-state index is 0.143. The summed E-state index contributed by atoms with van der Waals surface area (Å²) in [7, 11) is 0. The van der Waals surface area contributed by atoms with Crippen LogP contribution in [0.5, 0.6) is 0 Å². The van der Waals surface area contributed by atoms with Crippen LogP contribution in [-0.4, -0.2) is 6.04 Å². The zero-order valence-corrected chi connectivity index (χ0v) is 12.3. The molecule has 0 amide bonds. The SMILES string of the molecule is C#CC#CC1=C(C)OC2=C([C@H](N)CC=C2)N1c1ccccc1. The van der Waals surface area contributed by atoms with Crippen LogP contribution in [0.3, 0.4) is 0 Å². The molecule has 3 rings (SSSR count). The number of ether oxygens (including phenoxy) is 1. The summed E-state index contributed by atoms with van der Waals surface area (Å²) in [4.78, 5) is 2.05. The number of hydrogen-bond acceptors (Lipinski definition) is 3. The zero-order chi connectivity index (χ0) is 15.5. The van der Waals surface area contributed by atoms with Gasteiger partial charge in [-0.2, -0.15) is 0 Å². The summed E-state index contributed by atoms with van der Waals surface area (Å²) in [5.41, 5.74) is 8.95. The molecule has 2 aliphatic rings. The van der Waals surface area contributed by atoms with Crippen molar-refractivity contribution in [3.8, 4) is 24.2 Å². The van der Waals surface area contributed by atoms with E-state index < -0.39 is 0 Å². The van der Waals surface area contributed by atoms with Crippen LogP contribution in [0.25, 0.3) is 0 Å². The molecule has 1 atom stereocenters. The fourth-order valence-electron chi connectivity index (χ4n) is 2.64. The highest BCUT2D eigenvalue weighted by Crippen LogP contribution is 2.36. The van der Waals surface area contributed by atoms with E-state index in [1.165, 1.54) is 0 Å². The van der Waals surface area contributed by atoms with Crippen LogP contribution >= 0.6 is 0 Å². The highest BCUT2D eigenvalue weighted by molar-refractivity contribution is 5.67. The summed E-state index contributed by atoms with van der Waals surface area (Å²) in [6, 6.07) is 9.84. The van der Waals surface area contributed by atoms with Gasteiger partial charge in [0.15, 0.2) is 0 Å². The Hall–Kier alpha value is -2.88. The number of nitrogens with zero attached hydrogens (tertiary/aromatic N) is 1. The summed E-state index contributed by atoms with van der Waals surface area (Å²) < 4.78 is 5.90. The molecule has 0 fully saturated rings. The third kappa shape index (κ3) is 2.39. The van der Waals surface area contributed by atoms with E-state index in [2.05, 4.69) is 17.8 Å². The fraction of sp³-hybridized carbons (Fsp3) is 0.158. The maximum Gasteiger partial charge on any atom is 0.148 e. The molecule has 0 saturated carbocycles. The summed E-state index contributed by atoms with van der Waals surface area (Å²) >= 11 is 0. The van der Waals surface area contributed by atoms with Gasteiger partial charge in [0.05, 0.1) is 11.7 Å². The number of hydrogen-bond donors (Lipinski definition) is 1. The first kappa shape index (κ1) is 14.1. The Morgan fingerprint density at radius 3 is 2.82 bits per heavy atom. The van der Waals surface area contributed by atoms with Gasteiger partial charge in [0, 0.05) is 5.69 Å². The van der Waals surface area contributed by atoms with Crippen molar-refractivity contribution >= 4 is 5.69 Å². The monoisotopic (exact) mass is 288 g/mol. The lowest BCUT2D eigenvalue weighted by atomic mass is 10.00. The van der Waals surface area contributed by atoms with Crippen LogP contribution in [0.15, 0.2) is 65.4 Å². The maximum absolute atomic E-state index is 6.31. The van der Waals surface area contributed by atoms with Gasteiger partial charge in [0.2, 0.25) is 0 Å². The largest absolute Gasteiger partial charge is 0.457 e. The second-order valence-electron chi connectivity index (χ2n) is 5.07. The van der Waals surface area contributed by atoms with E-state index in [4.69, 9.17) is 16.9 Å². The first-order valence-electron chi connectivity index (χ1n) is 7.09. The first-order chi connectivity index (χ1) is 10.7. The maximum atomic E-state index is 6.31. The van der Waals surface area contributed by atoms with E-state index in [9.17, 15) is 0 Å². The second-order valence-corrected chi connectivity index (χ2v) is 5.07. The Morgan fingerprint density at radius 1 is 1.32 bits per heavy atom. The highest BCUT2D eigenvalue weighted by Gasteiger charge is 2.32. The Labute approximate surface area is 130 Å². The molecular weight excluding hydrogens is 272 g/mol. The zero-order valence-electron chi connectivity index (χ0n) is 12.3. The van der Waals surface area contributed by atoms with Gasteiger partial charge in [-0.1, -0.05) is 24.3 Å². The van der Waals surface area contributed by atoms with Gasteiger partial charge in [-0.3, -0.25) is 4.90 Å². The van der Waals surface area contributed by atoms with Crippen LogP contribution < -0.4 is 10.6 Å². The van der Waals surface area contributed by atoms with E-state index in [0.717, 1.165) is 29.3 Å². The van der Waals surface area contributed by atoms with Crippen molar-refractivity contribution in [1.82, 2.24) is 0 Å². The van der Waals surface area contributed by atoms with Crippen molar-refractivity contribution in [2.45, 2.75) is 19.4 Å². The topological polar surface area (TPSA) is 38.5 Å². The number of allylic oxidation sites excluding steroid dienone is 3. The Morgan fingerprint density at radius 2 is 2.09 bits per heavy atom. The summed E-state index contributed by atoms with van der Waals surface area (Å²) in [6.07, 6.45) is 10.0. The van der Waals surface area contributed by atoms with Gasteiger partial charge in [-0.05, 0) is 49.3 Å². The van der Waals surface area contributed by atoms with Gasteiger partial charge in [-0.25, -0.2) is 0 Å². The van der Waals surface area contributed by atoms with Gasteiger partial charge in [0.25, 0.3) is 0 Å². The quantitative estimate of drug-likeness (QED) is 0.808. The van der Waals surface area contributed by atoms with E-state index in [1.807, 2.05) is 54.3 Å². The third-order valence-corrected chi connectivity index (χ3v) is 3.59. The molecule has 1 heterocycles. The van der Waals surface area contributed by atoms with Gasteiger partial charge >= 0.3 is 0 Å². The number of nitrogens with two attached hydrogens (primary N) is 1. The molecule has 1 aromatic carbocycles. The van der Waals surface area contributed by atoms with Gasteiger partial charge in [-0.15, -0.1) is 6.42 Å². The van der Waals surface area contributed by atoms with Gasteiger partial charge < -0.3 is 10.5 Å². The van der Waals surface area contributed by atoms with Crippen LogP contribution in [-0.2, 0) is 4.74 Å². The Bertz CT molecular complexity index is 782. The molecule has 0 bridgehead atoms. The molecule has 3 heteroatoms. The number of anilines is 1. The molecular formula is C19H16N2O. The molecule has 108 valence electrons. The highest BCUT2D eigenvalue weighted by atomic mass is 16.5. The van der Waals surface area contributed by atoms with Crippen molar-refractivity contribution < 1.29 is 4.74 Å². The smallest absolute Gasteiger partial charge is 0.148 e. The molecule has 1 aromatic rings. The van der Waals surface area contributed by atoms with Gasteiger partial charge in [0.1, 0.15) is 17.2 Å². The lowest BCUT2D eigenvalue weighted by molar-refractivity contribution is 0.297. The van der Waals surface area contributed by atoms with E-state index >= 15 is 0 Å². The van der Waals surface area contributed by atoms with Crippen molar-refractivity contribution in [2.75, 3.05) is 4.90 Å². The average Bonchev–Trinajstić information content (AvgIpc) is 2.53. The lowest BCUT2D eigenvalue weighted by Crippen LogP contribution is -2.39. The summed E-state index contributed by atoms with van der Waals surface area (Å²) in [5, 5.41) is 0. The molecule has 0 saturated heterocycles.